The van der Waals surface area contributed by atoms with E-state index in [-0.39, 0.29) is 6.42 Å². The molecule has 0 unspecified atom stereocenters. The van der Waals surface area contributed by atoms with Crippen LogP contribution in [0.5, 0.6) is 0 Å². The number of allylic oxidation sites excluding steroid dienone is 1. The molecular weight excluding hydrogens is 176 g/mol. The maximum Gasteiger partial charge on any atom is 0.122 e. The summed E-state index contributed by atoms with van der Waals surface area (Å²) in [5.41, 5.74) is 0. The predicted octanol–water partition coefficient (Wildman–Crippen LogP) is 2.85. The van der Waals surface area contributed by atoms with Crippen LogP contribution >= 0.6 is 0 Å². The van der Waals surface area contributed by atoms with Gasteiger partial charge in [-0.1, -0.05) is 38.3 Å². The normalized spacial score (nSPS) is 13.3. The topological polar surface area (TPSA) is 37.3 Å². The molecule has 0 bridgehead atoms. The van der Waals surface area contributed by atoms with Crippen molar-refractivity contribution in [1.29, 1.82) is 0 Å². The van der Waals surface area contributed by atoms with Crippen molar-refractivity contribution in [3.63, 3.8) is 0 Å². The maximum atomic E-state index is 10.0. The number of hydrogen-bond donors (Lipinski definition) is 1. The molecule has 1 atom stereocenters. The number of hydrogen-bond acceptors (Lipinski definition) is 2. The fraction of sp³-hybridized carbons (Fsp3) is 0.750. The van der Waals surface area contributed by atoms with Crippen LogP contribution in [0.3, 0.4) is 0 Å². The molecule has 0 spiro atoms. The molecular formula is C12H22O2. The number of unbranched alkanes of at least 4 members (excludes halogenated alkanes) is 4. The third-order valence-corrected chi connectivity index (χ3v) is 2.17. The Morgan fingerprint density at radius 3 is 2.57 bits per heavy atom. The second-order valence-corrected chi connectivity index (χ2v) is 3.61. The Kier molecular flexibility index (Phi) is 9.98. The molecule has 0 saturated heterocycles. The molecule has 0 aliphatic heterocycles. The molecule has 1 N–H and O–H groups in total. The highest BCUT2D eigenvalue weighted by Crippen LogP contribution is 2.04. The number of rotatable bonds is 9. The van der Waals surface area contributed by atoms with Crippen LogP contribution in [0.25, 0.3) is 0 Å². The lowest BCUT2D eigenvalue weighted by Gasteiger charge is -2.00. The molecule has 0 aromatic heterocycles. The lowest BCUT2D eigenvalue weighted by molar-refractivity contribution is -0.109. The van der Waals surface area contributed by atoms with Crippen LogP contribution in [0.4, 0.5) is 0 Å². The summed E-state index contributed by atoms with van der Waals surface area (Å²) in [5.74, 6) is 0. The lowest BCUT2D eigenvalue weighted by Crippen LogP contribution is -2.04. The highest BCUT2D eigenvalue weighted by atomic mass is 16.3. The Morgan fingerprint density at radius 1 is 1.14 bits per heavy atom. The average Bonchev–Trinajstić information content (AvgIpc) is 2.17. The Labute approximate surface area is 87.0 Å². The van der Waals surface area contributed by atoms with Gasteiger partial charge in [0.25, 0.3) is 0 Å². The first-order valence-corrected chi connectivity index (χ1v) is 5.58. The minimum absolute atomic E-state index is 0.250. The van der Waals surface area contributed by atoms with E-state index in [0.717, 1.165) is 12.7 Å². The molecule has 0 aromatic rings. The van der Waals surface area contributed by atoms with Gasteiger partial charge in [-0.2, -0.15) is 0 Å². The van der Waals surface area contributed by atoms with Crippen molar-refractivity contribution in [2.45, 2.75) is 58.0 Å². The maximum absolute atomic E-state index is 10.0. The van der Waals surface area contributed by atoms with Crippen LogP contribution in [0.1, 0.15) is 51.9 Å². The monoisotopic (exact) mass is 198 g/mol. The number of aliphatic hydroxyl groups excluding tert-OH is 1. The van der Waals surface area contributed by atoms with Crippen molar-refractivity contribution in [3.05, 3.63) is 12.2 Å². The van der Waals surface area contributed by atoms with Gasteiger partial charge < -0.3 is 9.90 Å². The third kappa shape index (κ3) is 9.46. The average molecular weight is 198 g/mol. The number of aliphatic hydroxyl groups is 1. The Hall–Kier alpha value is -0.630. The Morgan fingerprint density at radius 2 is 1.93 bits per heavy atom. The highest BCUT2D eigenvalue weighted by molar-refractivity contribution is 5.50. The van der Waals surface area contributed by atoms with Gasteiger partial charge in [-0.3, -0.25) is 0 Å². The molecule has 14 heavy (non-hydrogen) atoms. The summed E-state index contributed by atoms with van der Waals surface area (Å²) in [5, 5.41) is 9.21. The van der Waals surface area contributed by atoms with Gasteiger partial charge in [0.05, 0.1) is 6.10 Å². The molecule has 82 valence electrons. The first-order valence-electron chi connectivity index (χ1n) is 5.58. The molecule has 0 amide bonds. The van der Waals surface area contributed by atoms with E-state index in [2.05, 4.69) is 13.0 Å². The molecule has 0 saturated carbocycles. The Balaban J connectivity index is 3.22. The van der Waals surface area contributed by atoms with E-state index in [1.807, 2.05) is 6.08 Å². The van der Waals surface area contributed by atoms with Crippen LogP contribution in [0.2, 0.25) is 0 Å². The predicted molar refractivity (Wildman–Crippen MR) is 59.2 cm³/mol. The quantitative estimate of drug-likeness (QED) is 0.351. The second-order valence-electron chi connectivity index (χ2n) is 3.61. The van der Waals surface area contributed by atoms with Gasteiger partial charge in [-0.15, -0.1) is 0 Å². The van der Waals surface area contributed by atoms with Gasteiger partial charge in [-0.25, -0.2) is 0 Å². The summed E-state index contributed by atoms with van der Waals surface area (Å²) in [6, 6.07) is 0. The molecule has 0 heterocycles. The molecule has 0 aromatic carbocycles. The van der Waals surface area contributed by atoms with Crippen molar-refractivity contribution in [3.8, 4) is 0 Å². The van der Waals surface area contributed by atoms with Crippen LogP contribution in [0, 0.1) is 0 Å². The van der Waals surface area contributed by atoms with E-state index >= 15 is 0 Å². The third-order valence-electron chi connectivity index (χ3n) is 2.17. The highest BCUT2D eigenvalue weighted by Gasteiger charge is 1.98. The fourth-order valence-corrected chi connectivity index (χ4v) is 1.27. The minimum atomic E-state index is -0.487. The van der Waals surface area contributed by atoms with Crippen LogP contribution < -0.4 is 0 Å². The summed E-state index contributed by atoms with van der Waals surface area (Å²) in [6.45, 7) is 2.20. The van der Waals surface area contributed by atoms with Crippen molar-refractivity contribution < 1.29 is 9.90 Å². The van der Waals surface area contributed by atoms with E-state index in [1.54, 1.807) is 0 Å². The number of carbonyl (C=O) groups excluding carboxylic acids is 1. The first kappa shape index (κ1) is 13.4. The molecule has 2 nitrogen and oxygen atoms in total. The van der Waals surface area contributed by atoms with Gasteiger partial charge in [0.15, 0.2) is 0 Å². The first-order chi connectivity index (χ1) is 6.81. The molecule has 0 aliphatic carbocycles. The van der Waals surface area contributed by atoms with Crippen LogP contribution in [-0.4, -0.2) is 17.5 Å². The summed E-state index contributed by atoms with van der Waals surface area (Å²) >= 11 is 0. The van der Waals surface area contributed by atoms with Crippen LogP contribution in [0.15, 0.2) is 12.2 Å². The van der Waals surface area contributed by atoms with E-state index in [4.69, 9.17) is 0 Å². The summed E-state index contributed by atoms with van der Waals surface area (Å²) in [4.78, 5) is 10.0. The molecule has 0 radical (unpaired) electrons. The summed E-state index contributed by atoms with van der Waals surface area (Å²) in [7, 11) is 0. The van der Waals surface area contributed by atoms with Gasteiger partial charge >= 0.3 is 0 Å². The van der Waals surface area contributed by atoms with Gasteiger partial charge in [0, 0.05) is 6.42 Å². The van der Waals surface area contributed by atoms with E-state index in [0.29, 0.717) is 6.42 Å². The van der Waals surface area contributed by atoms with Crippen molar-refractivity contribution in [2.24, 2.45) is 0 Å². The lowest BCUT2D eigenvalue weighted by atomic mass is 10.1. The van der Waals surface area contributed by atoms with Gasteiger partial charge in [-0.05, 0) is 19.3 Å². The van der Waals surface area contributed by atoms with Crippen molar-refractivity contribution >= 4 is 6.29 Å². The molecule has 0 fully saturated rings. The largest absolute Gasteiger partial charge is 0.392 e. The van der Waals surface area contributed by atoms with Gasteiger partial charge in [0.1, 0.15) is 6.29 Å². The summed E-state index contributed by atoms with van der Waals surface area (Å²) < 4.78 is 0. The molecule has 0 rings (SSSR count). The number of carbonyl (C=O) groups is 1. The van der Waals surface area contributed by atoms with Crippen molar-refractivity contribution in [2.75, 3.05) is 0 Å². The minimum Gasteiger partial charge on any atom is -0.392 e. The SMILES string of the molecule is CCCCCC/C=C\C[C@@H](O)CC=O. The molecule has 2 heteroatoms. The zero-order valence-electron chi connectivity index (χ0n) is 9.11. The number of aldehydes is 1. The van der Waals surface area contributed by atoms with Crippen LogP contribution in [-0.2, 0) is 4.79 Å². The Bertz CT molecular complexity index is 152. The standard InChI is InChI=1S/C12H22O2/c1-2-3-4-5-6-7-8-9-12(14)10-11-13/h7-8,11-12,14H,2-6,9-10H2,1H3/b8-7-/t12-/m1/s1. The summed E-state index contributed by atoms with van der Waals surface area (Å²) in [6.07, 6.45) is 11.4. The fourth-order valence-electron chi connectivity index (χ4n) is 1.27. The van der Waals surface area contributed by atoms with Gasteiger partial charge in [0.2, 0.25) is 0 Å². The van der Waals surface area contributed by atoms with E-state index in [9.17, 15) is 9.90 Å². The van der Waals surface area contributed by atoms with E-state index in [1.165, 1.54) is 25.7 Å². The van der Waals surface area contributed by atoms with E-state index < -0.39 is 6.10 Å². The second kappa shape index (κ2) is 10.5. The zero-order valence-corrected chi connectivity index (χ0v) is 9.11. The zero-order chi connectivity index (χ0) is 10.6. The smallest absolute Gasteiger partial charge is 0.122 e. The molecule has 0 aliphatic rings. The van der Waals surface area contributed by atoms with Crippen molar-refractivity contribution in [1.82, 2.24) is 0 Å².